The van der Waals surface area contributed by atoms with E-state index in [9.17, 15) is 4.79 Å². The summed E-state index contributed by atoms with van der Waals surface area (Å²) in [6, 6.07) is 4.05. The average molecular weight is 281 g/mol. The van der Waals surface area contributed by atoms with Crippen molar-refractivity contribution in [2.45, 2.75) is 33.2 Å². The average Bonchev–Trinajstić information content (AvgIpc) is 2.94. The quantitative estimate of drug-likeness (QED) is 0.937. The van der Waals surface area contributed by atoms with E-state index in [0.717, 1.165) is 14.9 Å². The molecule has 1 amide bonds. The molecule has 2 aromatic rings. The van der Waals surface area contributed by atoms with Gasteiger partial charge < -0.3 is 5.32 Å². The second-order valence-corrected chi connectivity index (χ2v) is 6.69. The summed E-state index contributed by atoms with van der Waals surface area (Å²) in [5.74, 6) is -0.0811. The van der Waals surface area contributed by atoms with Gasteiger partial charge in [0.15, 0.2) is 0 Å². The number of aromatic nitrogens is 2. The van der Waals surface area contributed by atoms with Gasteiger partial charge in [-0.25, -0.2) is 0 Å². The van der Waals surface area contributed by atoms with E-state index in [1.54, 1.807) is 11.3 Å². The first kappa shape index (κ1) is 13.2. The molecule has 0 radical (unpaired) electrons. The molecular formula is C12H15N3OS2. The van der Waals surface area contributed by atoms with Gasteiger partial charge in [0.05, 0.1) is 12.5 Å². The van der Waals surface area contributed by atoms with Gasteiger partial charge in [0.1, 0.15) is 10.0 Å². The number of amides is 1. The monoisotopic (exact) mass is 281 g/mol. The molecule has 0 spiro atoms. The van der Waals surface area contributed by atoms with Gasteiger partial charge in [-0.1, -0.05) is 11.3 Å². The van der Waals surface area contributed by atoms with Crippen molar-refractivity contribution < 1.29 is 4.79 Å². The number of rotatable bonds is 4. The molecule has 2 aromatic heterocycles. The van der Waals surface area contributed by atoms with Crippen LogP contribution in [0.15, 0.2) is 12.1 Å². The fourth-order valence-electron chi connectivity index (χ4n) is 1.54. The van der Waals surface area contributed by atoms with Crippen molar-refractivity contribution in [1.29, 1.82) is 0 Å². The molecule has 0 bridgehead atoms. The number of carbonyl (C=O) groups is 1. The third-order valence-electron chi connectivity index (χ3n) is 2.56. The summed E-state index contributed by atoms with van der Waals surface area (Å²) in [6.07, 6.45) is 0. The summed E-state index contributed by atoms with van der Waals surface area (Å²) in [5.41, 5.74) is 0. The highest BCUT2D eigenvalue weighted by Crippen LogP contribution is 2.24. The van der Waals surface area contributed by atoms with Crippen LogP contribution >= 0.6 is 22.7 Å². The van der Waals surface area contributed by atoms with E-state index in [0.29, 0.717) is 6.54 Å². The molecule has 2 rings (SSSR count). The molecule has 0 saturated carbocycles. The summed E-state index contributed by atoms with van der Waals surface area (Å²) in [7, 11) is 0. The molecule has 0 aliphatic carbocycles. The first-order valence-electron chi connectivity index (χ1n) is 5.69. The van der Waals surface area contributed by atoms with Crippen molar-refractivity contribution >= 4 is 28.6 Å². The Hall–Kier alpha value is -1.27. The third kappa shape index (κ3) is 3.14. The lowest BCUT2D eigenvalue weighted by Gasteiger charge is -2.09. The topological polar surface area (TPSA) is 54.9 Å². The molecule has 0 fully saturated rings. The molecule has 0 aliphatic heterocycles. The Labute approximate surface area is 114 Å². The molecule has 0 unspecified atom stereocenters. The maximum absolute atomic E-state index is 12.0. The van der Waals surface area contributed by atoms with Crippen molar-refractivity contribution in [3.8, 4) is 0 Å². The van der Waals surface area contributed by atoms with Gasteiger partial charge in [-0.3, -0.25) is 4.79 Å². The lowest BCUT2D eigenvalue weighted by atomic mass is 10.1. The van der Waals surface area contributed by atoms with E-state index >= 15 is 0 Å². The maximum Gasteiger partial charge on any atom is 0.228 e. The Morgan fingerprint density at radius 3 is 2.67 bits per heavy atom. The van der Waals surface area contributed by atoms with Gasteiger partial charge in [-0.05, 0) is 32.9 Å². The zero-order valence-electron chi connectivity index (χ0n) is 10.6. The fraction of sp³-hybridized carbons (Fsp3) is 0.417. The van der Waals surface area contributed by atoms with Crippen LogP contribution in [0.5, 0.6) is 0 Å². The van der Waals surface area contributed by atoms with Crippen LogP contribution in [0.1, 0.15) is 32.6 Å². The van der Waals surface area contributed by atoms with E-state index in [2.05, 4.69) is 15.5 Å². The van der Waals surface area contributed by atoms with E-state index < -0.39 is 0 Å². The van der Waals surface area contributed by atoms with Gasteiger partial charge in [0.25, 0.3) is 0 Å². The highest BCUT2D eigenvalue weighted by Gasteiger charge is 2.16. The van der Waals surface area contributed by atoms with Crippen LogP contribution in [-0.2, 0) is 11.3 Å². The number of thiophene rings is 1. The van der Waals surface area contributed by atoms with E-state index in [-0.39, 0.29) is 11.8 Å². The number of nitrogens with one attached hydrogen (secondary N) is 1. The Bertz CT molecular complexity index is 547. The van der Waals surface area contributed by atoms with E-state index in [1.807, 2.05) is 32.9 Å². The van der Waals surface area contributed by atoms with Crippen LogP contribution in [0, 0.1) is 13.8 Å². The van der Waals surface area contributed by atoms with Gasteiger partial charge in [0, 0.05) is 9.75 Å². The SMILES string of the molecule is Cc1ccc([C@@H](C)C(=O)NCc2nnc(C)s2)s1. The predicted molar refractivity (Wildman–Crippen MR) is 74.0 cm³/mol. The maximum atomic E-state index is 12.0. The first-order valence-corrected chi connectivity index (χ1v) is 7.32. The Kier molecular flexibility index (Phi) is 4.08. The summed E-state index contributed by atoms with van der Waals surface area (Å²) >= 11 is 3.17. The Balaban J connectivity index is 1.92. The highest BCUT2D eigenvalue weighted by molar-refractivity contribution is 7.12. The number of hydrogen-bond donors (Lipinski definition) is 1. The molecule has 2 heterocycles. The normalized spacial score (nSPS) is 12.4. The van der Waals surface area contributed by atoms with Gasteiger partial charge in [-0.15, -0.1) is 21.5 Å². The molecule has 96 valence electrons. The lowest BCUT2D eigenvalue weighted by molar-refractivity contribution is -0.122. The Morgan fingerprint density at radius 1 is 1.33 bits per heavy atom. The molecule has 4 nitrogen and oxygen atoms in total. The van der Waals surface area contributed by atoms with E-state index in [4.69, 9.17) is 0 Å². The second kappa shape index (κ2) is 5.58. The largest absolute Gasteiger partial charge is 0.349 e. The van der Waals surface area contributed by atoms with Gasteiger partial charge in [0.2, 0.25) is 5.91 Å². The van der Waals surface area contributed by atoms with Crippen molar-refractivity contribution in [3.63, 3.8) is 0 Å². The van der Waals surface area contributed by atoms with Crippen molar-refractivity contribution in [2.75, 3.05) is 0 Å². The number of hydrogen-bond acceptors (Lipinski definition) is 5. The van der Waals surface area contributed by atoms with Gasteiger partial charge in [-0.2, -0.15) is 0 Å². The van der Waals surface area contributed by atoms with Crippen molar-refractivity contribution in [1.82, 2.24) is 15.5 Å². The molecule has 0 aromatic carbocycles. The molecule has 1 N–H and O–H groups in total. The second-order valence-electron chi connectivity index (χ2n) is 4.10. The summed E-state index contributed by atoms with van der Waals surface area (Å²) < 4.78 is 0. The predicted octanol–water partition coefficient (Wildman–Crippen LogP) is 2.64. The van der Waals surface area contributed by atoms with Crippen molar-refractivity contribution in [3.05, 3.63) is 31.9 Å². The van der Waals surface area contributed by atoms with Crippen LogP contribution in [0.2, 0.25) is 0 Å². The summed E-state index contributed by atoms with van der Waals surface area (Å²) in [4.78, 5) is 14.3. The van der Waals surface area contributed by atoms with Crippen LogP contribution in [-0.4, -0.2) is 16.1 Å². The fourth-order valence-corrected chi connectivity index (χ4v) is 3.12. The molecule has 0 saturated heterocycles. The number of carbonyl (C=O) groups excluding carboxylic acids is 1. The highest BCUT2D eigenvalue weighted by atomic mass is 32.1. The molecule has 0 aliphatic rings. The van der Waals surface area contributed by atoms with Gasteiger partial charge >= 0.3 is 0 Å². The van der Waals surface area contributed by atoms with Crippen LogP contribution < -0.4 is 5.32 Å². The Morgan fingerprint density at radius 2 is 2.11 bits per heavy atom. The smallest absolute Gasteiger partial charge is 0.228 e. The number of nitrogens with zero attached hydrogens (tertiary/aromatic N) is 2. The third-order valence-corrected chi connectivity index (χ3v) is 4.58. The first-order chi connectivity index (χ1) is 8.56. The lowest BCUT2D eigenvalue weighted by Crippen LogP contribution is -2.27. The van der Waals surface area contributed by atoms with E-state index in [1.165, 1.54) is 16.2 Å². The molecule has 6 heteroatoms. The zero-order valence-corrected chi connectivity index (χ0v) is 12.2. The minimum atomic E-state index is -0.113. The van der Waals surface area contributed by atoms with Crippen LogP contribution in [0.4, 0.5) is 0 Å². The summed E-state index contributed by atoms with van der Waals surface area (Å²) in [6.45, 7) is 6.33. The number of aryl methyl sites for hydroxylation is 2. The minimum Gasteiger partial charge on any atom is -0.349 e. The molecule has 1 atom stereocenters. The molecular weight excluding hydrogens is 266 g/mol. The zero-order chi connectivity index (χ0) is 13.1. The summed E-state index contributed by atoms with van der Waals surface area (Å²) in [5, 5.41) is 12.6. The molecule has 18 heavy (non-hydrogen) atoms. The standard InChI is InChI=1S/C12H15N3OS2/c1-7-4-5-10(17-7)8(2)12(16)13-6-11-15-14-9(3)18-11/h4-5,8H,6H2,1-3H3,(H,13,16)/t8-/m1/s1. The van der Waals surface area contributed by atoms with Crippen LogP contribution in [0.3, 0.4) is 0 Å². The van der Waals surface area contributed by atoms with Crippen molar-refractivity contribution in [2.24, 2.45) is 0 Å². The minimum absolute atomic E-state index is 0.0321. The van der Waals surface area contributed by atoms with Crippen LogP contribution in [0.25, 0.3) is 0 Å².